The number of rotatable bonds is 1. The van der Waals surface area contributed by atoms with E-state index in [1.807, 2.05) is 11.9 Å². The first-order valence-corrected chi connectivity index (χ1v) is 7.38. The van der Waals surface area contributed by atoms with E-state index >= 15 is 0 Å². The Bertz CT molecular complexity index is 413. The fourth-order valence-electron chi connectivity index (χ4n) is 2.29. The van der Waals surface area contributed by atoms with Crippen molar-refractivity contribution in [2.45, 2.75) is 38.3 Å². The van der Waals surface area contributed by atoms with Crippen molar-refractivity contribution in [3.05, 3.63) is 20.3 Å². The van der Waals surface area contributed by atoms with E-state index in [2.05, 4.69) is 28.9 Å². The van der Waals surface area contributed by atoms with E-state index in [9.17, 15) is 4.79 Å². The van der Waals surface area contributed by atoms with Crippen molar-refractivity contribution >= 4 is 33.2 Å². The number of nitrogens with zero attached hydrogens (tertiary/aromatic N) is 1. The maximum absolute atomic E-state index is 11.9. The molecule has 1 aliphatic heterocycles. The number of carbonyl (C=O) groups excluding carboxylic acids is 1. The van der Waals surface area contributed by atoms with Gasteiger partial charge in [0, 0.05) is 33.7 Å². The third-order valence-corrected chi connectivity index (χ3v) is 5.52. The quantitative estimate of drug-likeness (QED) is 0.866. The second-order valence-electron chi connectivity index (χ2n) is 4.56. The Balaban J connectivity index is 2.35. The Morgan fingerprint density at radius 3 is 2.88 bits per heavy atom. The number of nitrogens with two attached hydrogens (primary N) is 1. The van der Waals surface area contributed by atoms with Crippen molar-refractivity contribution in [2.75, 3.05) is 7.05 Å². The molecule has 5 heteroatoms. The Hall–Kier alpha value is -0.390. The molecule has 2 N–H and O–H groups in total. The van der Waals surface area contributed by atoms with E-state index in [0.29, 0.717) is 6.42 Å². The first kappa shape index (κ1) is 13.1. The number of thiophene rings is 1. The zero-order valence-electron chi connectivity index (χ0n) is 10.1. The van der Waals surface area contributed by atoms with Crippen LogP contribution in [0.1, 0.15) is 35.1 Å². The zero-order chi connectivity index (χ0) is 12.6. The Morgan fingerprint density at radius 2 is 2.29 bits per heavy atom. The summed E-state index contributed by atoms with van der Waals surface area (Å²) in [4.78, 5) is 16.1. The molecule has 1 saturated heterocycles. The first-order chi connectivity index (χ1) is 8.00. The molecule has 0 aliphatic carbocycles. The number of likely N-dealkylation sites (tertiary alicyclic amines) is 1. The number of halogens is 1. The van der Waals surface area contributed by atoms with E-state index in [-0.39, 0.29) is 18.0 Å². The summed E-state index contributed by atoms with van der Waals surface area (Å²) in [6, 6.07) is 2.16. The number of hydrogen-bond acceptors (Lipinski definition) is 3. The van der Waals surface area contributed by atoms with Gasteiger partial charge in [-0.25, -0.2) is 0 Å². The molecule has 2 heterocycles. The van der Waals surface area contributed by atoms with Crippen molar-refractivity contribution in [1.82, 2.24) is 4.90 Å². The Morgan fingerprint density at radius 1 is 1.59 bits per heavy atom. The monoisotopic (exact) mass is 316 g/mol. The van der Waals surface area contributed by atoms with Crippen LogP contribution in [0.5, 0.6) is 0 Å². The minimum atomic E-state index is 0.0278. The van der Waals surface area contributed by atoms with Crippen LogP contribution in [0, 0.1) is 6.92 Å². The molecule has 2 rings (SSSR count). The summed E-state index contributed by atoms with van der Waals surface area (Å²) in [6.45, 7) is 2.07. The summed E-state index contributed by atoms with van der Waals surface area (Å²) >= 11 is 5.24. The van der Waals surface area contributed by atoms with Crippen molar-refractivity contribution in [1.29, 1.82) is 0 Å². The van der Waals surface area contributed by atoms with Crippen molar-refractivity contribution in [2.24, 2.45) is 5.73 Å². The van der Waals surface area contributed by atoms with Crippen LogP contribution in [-0.4, -0.2) is 23.9 Å². The first-order valence-electron chi connectivity index (χ1n) is 5.77. The summed E-state index contributed by atoms with van der Waals surface area (Å²) in [5, 5.41) is 0. The van der Waals surface area contributed by atoms with Gasteiger partial charge in [-0.2, -0.15) is 0 Å². The van der Waals surface area contributed by atoms with Gasteiger partial charge in [0.1, 0.15) is 0 Å². The number of aryl methyl sites for hydroxylation is 1. The molecule has 1 aliphatic rings. The summed E-state index contributed by atoms with van der Waals surface area (Å²) in [6.07, 6.45) is 2.42. The van der Waals surface area contributed by atoms with Gasteiger partial charge < -0.3 is 10.6 Å². The normalized spacial score (nSPS) is 26.1. The number of amides is 1. The van der Waals surface area contributed by atoms with Crippen molar-refractivity contribution < 1.29 is 4.79 Å². The molecule has 17 heavy (non-hydrogen) atoms. The SMILES string of the molecule is Cc1sc(C2C(N)CCCC(=O)N2C)cc1Br. The minimum absolute atomic E-state index is 0.0278. The average Bonchev–Trinajstić information content (AvgIpc) is 2.52. The average molecular weight is 317 g/mol. The molecule has 2 atom stereocenters. The van der Waals surface area contributed by atoms with E-state index in [1.165, 1.54) is 9.75 Å². The topological polar surface area (TPSA) is 46.3 Å². The van der Waals surface area contributed by atoms with E-state index in [4.69, 9.17) is 5.73 Å². The molecule has 0 radical (unpaired) electrons. The lowest BCUT2D eigenvalue weighted by Gasteiger charge is -2.29. The minimum Gasteiger partial charge on any atom is -0.336 e. The molecule has 1 aromatic rings. The van der Waals surface area contributed by atoms with Gasteiger partial charge in [-0.3, -0.25) is 4.79 Å². The fraction of sp³-hybridized carbons (Fsp3) is 0.583. The Kier molecular flexibility index (Phi) is 3.90. The van der Waals surface area contributed by atoms with Crippen LogP contribution in [0.4, 0.5) is 0 Å². The molecule has 0 aromatic carbocycles. The van der Waals surface area contributed by atoms with Gasteiger partial charge in [0.25, 0.3) is 0 Å². The predicted octanol–water partition coefficient (Wildman–Crippen LogP) is 2.83. The molecule has 0 spiro atoms. The number of carbonyl (C=O) groups is 1. The zero-order valence-corrected chi connectivity index (χ0v) is 12.5. The van der Waals surface area contributed by atoms with Gasteiger partial charge in [-0.1, -0.05) is 0 Å². The summed E-state index contributed by atoms with van der Waals surface area (Å²) in [7, 11) is 1.86. The smallest absolute Gasteiger partial charge is 0.222 e. The van der Waals surface area contributed by atoms with E-state index < -0.39 is 0 Å². The molecule has 3 nitrogen and oxygen atoms in total. The second kappa shape index (κ2) is 5.08. The van der Waals surface area contributed by atoms with Crippen LogP contribution in [0.15, 0.2) is 10.5 Å². The maximum atomic E-state index is 11.9. The maximum Gasteiger partial charge on any atom is 0.222 e. The highest BCUT2D eigenvalue weighted by atomic mass is 79.9. The fourth-order valence-corrected chi connectivity index (χ4v) is 4.08. The van der Waals surface area contributed by atoms with Gasteiger partial charge >= 0.3 is 0 Å². The molecule has 94 valence electrons. The van der Waals surface area contributed by atoms with E-state index in [1.54, 1.807) is 11.3 Å². The Labute approximate surface area is 114 Å². The van der Waals surface area contributed by atoms with Gasteiger partial charge in [0.05, 0.1) is 6.04 Å². The number of hydrogen-bond donors (Lipinski definition) is 1. The molecule has 0 bridgehead atoms. The molecule has 0 saturated carbocycles. The second-order valence-corrected chi connectivity index (χ2v) is 6.70. The summed E-state index contributed by atoms with van der Waals surface area (Å²) in [5.74, 6) is 0.199. The van der Waals surface area contributed by atoms with Gasteiger partial charge in [-0.15, -0.1) is 11.3 Å². The van der Waals surface area contributed by atoms with Crippen molar-refractivity contribution in [3.8, 4) is 0 Å². The predicted molar refractivity (Wildman–Crippen MR) is 74.1 cm³/mol. The van der Waals surface area contributed by atoms with E-state index in [0.717, 1.165) is 17.3 Å². The van der Waals surface area contributed by atoms with Gasteiger partial charge in [-0.05, 0) is 41.8 Å². The number of likely N-dealkylation sites (N-methyl/N-ethyl adjacent to an activating group) is 1. The third kappa shape index (κ3) is 2.56. The molecular weight excluding hydrogens is 300 g/mol. The van der Waals surface area contributed by atoms with Crippen LogP contribution in [0.3, 0.4) is 0 Å². The highest BCUT2D eigenvalue weighted by Gasteiger charge is 2.31. The summed E-state index contributed by atoms with van der Waals surface area (Å²) in [5.41, 5.74) is 6.22. The lowest BCUT2D eigenvalue weighted by Crippen LogP contribution is -2.39. The van der Waals surface area contributed by atoms with Crippen molar-refractivity contribution in [3.63, 3.8) is 0 Å². The van der Waals surface area contributed by atoms with Crippen LogP contribution in [0.25, 0.3) is 0 Å². The standard InChI is InChI=1S/C12H17BrN2OS/c1-7-8(13)6-10(17-7)12-9(14)4-3-5-11(16)15(12)2/h6,9,12H,3-5,14H2,1-2H3. The highest BCUT2D eigenvalue weighted by molar-refractivity contribution is 9.10. The largest absolute Gasteiger partial charge is 0.336 e. The molecular formula is C12H17BrN2OS. The van der Waals surface area contributed by atoms with Gasteiger partial charge in [0.15, 0.2) is 0 Å². The molecule has 1 fully saturated rings. The lowest BCUT2D eigenvalue weighted by atomic mass is 10.0. The lowest BCUT2D eigenvalue weighted by molar-refractivity contribution is -0.131. The van der Waals surface area contributed by atoms with Crippen LogP contribution in [0.2, 0.25) is 0 Å². The third-order valence-electron chi connectivity index (χ3n) is 3.31. The molecule has 2 unspecified atom stereocenters. The van der Waals surface area contributed by atoms with Crippen LogP contribution < -0.4 is 5.73 Å². The van der Waals surface area contributed by atoms with Crippen LogP contribution in [-0.2, 0) is 4.79 Å². The summed E-state index contributed by atoms with van der Waals surface area (Å²) < 4.78 is 1.11. The molecule has 1 amide bonds. The van der Waals surface area contributed by atoms with Crippen LogP contribution >= 0.6 is 27.3 Å². The highest BCUT2D eigenvalue weighted by Crippen LogP contribution is 2.36. The van der Waals surface area contributed by atoms with Gasteiger partial charge in [0.2, 0.25) is 5.91 Å². The molecule has 1 aromatic heterocycles.